The predicted octanol–water partition coefficient (Wildman–Crippen LogP) is 1.79. The van der Waals surface area contributed by atoms with E-state index in [1.807, 2.05) is 6.92 Å². The van der Waals surface area contributed by atoms with Crippen LogP contribution in [0, 0.1) is 5.92 Å². The summed E-state index contributed by atoms with van der Waals surface area (Å²) < 4.78 is 10.4. The number of carbonyl (C=O) groups excluding carboxylic acids is 1. The van der Waals surface area contributed by atoms with Gasteiger partial charge in [-0.2, -0.15) is 0 Å². The highest BCUT2D eigenvalue weighted by molar-refractivity contribution is 5.84. The van der Waals surface area contributed by atoms with Gasteiger partial charge >= 0.3 is 11.6 Å². The highest BCUT2D eigenvalue weighted by Crippen LogP contribution is 2.19. The number of benzene rings is 1. The fraction of sp³-hybridized carbons (Fsp3) is 0.353. The molecule has 0 fully saturated rings. The lowest BCUT2D eigenvalue weighted by atomic mass is 9.99. The van der Waals surface area contributed by atoms with Crippen molar-refractivity contribution >= 4 is 22.8 Å². The highest BCUT2D eigenvalue weighted by Gasteiger charge is 2.25. The van der Waals surface area contributed by atoms with Crippen molar-refractivity contribution in [3.63, 3.8) is 0 Å². The van der Waals surface area contributed by atoms with Gasteiger partial charge in [0.2, 0.25) is 0 Å². The summed E-state index contributed by atoms with van der Waals surface area (Å²) in [6, 6.07) is 6.83. The third-order valence-electron chi connectivity index (χ3n) is 3.76. The molecule has 0 spiro atoms. The normalized spacial score (nSPS) is 13.2. The first kappa shape index (κ1) is 17.5. The molecule has 2 aromatic rings. The van der Waals surface area contributed by atoms with Crippen LogP contribution in [-0.4, -0.2) is 29.6 Å². The highest BCUT2D eigenvalue weighted by atomic mass is 16.5. The van der Waals surface area contributed by atoms with E-state index in [0.717, 1.165) is 5.39 Å². The van der Waals surface area contributed by atoms with Gasteiger partial charge in [-0.05, 0) is 24.1 Å². The van der Waals surface area contributed by atoms with Crippen LogP contribution in [0.2, 0.25) is 0 Å². The maximum absolute atomic E-state index is 11.9. The fourth-order valence-electron chi connectivity index (χ4n) is 2.18. The first-order valence-electron chi connectivity index (χ1n) is 7.59. The zero-order chi connectivity index (χ0) is 17.7. The first-order valence-corrected chi connectivity index (χ1v) is 7.59. The number of carboxylic acid groups (broad SMARTS) is 1. The van der Waals surface area contributed by atoms with Gasteiger partial charge in [0.05, 0.1) is 0 Å². The molecule has 0 saturated carbocycles. The number of carbonyl (C=O) groups is 2. The summed E-state index contributed by atoms with van der Waals surface area (Å²) in [5.41, 5.74) is -0.126. The van der Waals surface area contributed by atoms with Gasteiger partial charge in [-0.3, -0.25) is 4.79 Å². The standard InChI is InChI=1S/C17H19NO6/c1-3-10(2)16(17(21)22)18-14(19)9-23-12-6-4-11-5-7-15(20)24-13(11)8-12/h4-8,10,16H,3,9H2,1-2H3,(H,18,19)(H,21,22)/t10-,16+/m1/s1. The van der Waals surface area contributed by atoms with E-state index in [-0.39, 0.29) is 12.5 Å². The zero-order valence-corrected chi connectivity index (χ0v) is 13.4. The Labute approximate surface area is 138 Å². The van der Waals surface area contributed by atoms with Gasteiger partial charge in [-0.1, -0.05) is 20.3 Å². The van der Waals surface area contributed by atoms with Crippen LogP contribution >= 0.6 is 0 Å². The van der Waals surface area contributed by atoms with Crippen LogP contribution in [0.25, 0.3) is 11.0 Å². The molecule has 128 valence electrons. The largest absolute Gasteiger partial charge is 0.484 e. The Bertz CT molecular complexity index is 797. The average molecular weight is 333 g/mol. The predicted molar refractivity (Wildman–Crippen MR) is 87.0 cm³/mol. The summed E-state index contributed by atoms with van der Waals surface area (Å²) in [4.78, 5) is 34.3. The number of hydrogen-bond donors (Lipinski definition) is 2. The molecule has 0 aliphatic rings. The molecule has 0 radical (unpaired) electrons. The average Bonchev–Trinajstić information content (AvgIpc) is 2.56. The van der Waals surface area contributed by atoms with E-state index in [1.54, 1.807) is 25.1 Å². The number of carboxylic acids is 1. The van der Waals surface area contributed by atoms with Gasteiger partial charge in [0, 0.05) is 17.5 Å². The molecule has 1 heterocycles. The minimum Gasteiger partial charge on any atom is -0.484 e. The molecule has 7 nitrogen and oxygen atoms in total. The summed E-state index contributed by atoms with van der Waals surface area (Å²) in [7, 11) is 0. The lowest BCUT2D eigenvalue weighted by Crippen LogP contribution is -2.46. The number of rotatable bonds is 7. The lowest BCUT2D eigenvalue weighted by Gasteiger charge is -2.20. The second-order valence-corrected chi connectivity index (χ2v) is 5.51. The van der Waals surface area contributed by atoms with Crippen molar-refractivity contribution in [1.29, 1.82) is 0 Å². The van der Waals surface area contributed by atoms with Crippen molar-refractivity contribution in [2.24, 2.45) is 5.92 Å². The van der Waals surface area contributed by atoms with E-state index >= 15 is 0 Å². The topological polar surface area (TPSA) is 106 Å². The van der Waals surface area contributed by atoms with Crippen molar-refractivity contribution in [2.75, 3.05) is 6.61 Å². The van der Waals surface area contributed by atoms with Gasteiger partial charge < -0.3 is 19.6 Å². The number of amides is 1. The Balaban J connectivity index is 2.00. The maximum Gasteiger partial charge on any atom is 0.336 e. The molecule has 2 atom stereocenters. The number of ether oxygens (including phenoxy) is 1. The quantitative estimate of drug-likeness (QED) is 0.748. The summed E-state index contributed by atoms with van der Waals surface area (Å²) in [5, 5.41) is 12.3. The molecule has 1 amide bonds. The zero-order valence-electron chi connectivity index (χ0n) is 13.4. The van der Waals surface area contributed by atoms with E-state index in [4.69, 9.17) is 14.3 Å². The van der Waals surface area contributed by atoms with E-state index in [9.17, 15) is 14.4 Å². The van der Waals surface area contributed by atoms with Crippen LogP contribution in [0.15, 0.2) is 39.5 Å². The Kier molecular flexibility index (Phi) is 5.57. The molecule has 0 saturated heterocycles. The van der Waals surface area contributed by atoms with Crippen molar-refractivity contribution in [1.82, 2.24) is 5.32 Å². The van der Waals surface area contributed by atoms with E-state index in [1.165, 1.54) is 12.1 Å². The van der Waals surface area contributed by atoms with Gasteiger partial charge in [0.25, 0.3) is 5.91 Å². The maximum atomic E-state index is 11.9. The fourth-order valence-corrected chi connectivity index (χ4v) is 2.18. The van der Waals surface area contributed by atoms with Crippen LogP contribution in [0.1, 0.15) is 20.3 Å². The Hall–Kier alpha value is -2.83. The molecular formula is C17H19NO6. The van der Waals surface area contributed by atoms with Crippen molar-refractivity contribution in [3.05, 3.63) is 40.8 Å². The molecule has 0 bridgehead atoms. The van der Waals surface area contributed by atoms with Gasteiger partial charge in [-0.25, -0.2) is 9.59 Å². The van der Waals surface area contributed by atoms with Crippen LogP contribution < -0.4 is 15.7 Å². The second-order valence-electron chi connectivity index (χ2n) is 5.51. The Morgan fingerprint density at radius 2 is 2.00 bits per heavy atom. The number of nitrogens with one attached hydrogen (secondary N) is 1. The van der Waals surface area contributed by atoms with E-state index < -0.39 is 23.5 Å². The van der Waals surface area contributed by atoms with Crippen LogP contribution in [0.4, 0.5) is 0 Å². The molecule has 7 heteroatoms. The molecular weight excluding hydrogens is 314 g/mol. The summed E-state index contributed by atoms with van der Waals surface area (Å²) >= 11 is 0. The lowest BCUT2D eigenvalue weighted by molar-refractivity contribution is -0.143. The molecule has 1 aromatic carbocycles. The van der Waals surface area contributed by atoms with Gasteiger partial charge in [0.15, 0.2) is 6.61 Å². The summed E-state index contributed by atoms with van der Waals surface area (Å²) in [6.45, 7) is 3.28. The number of hydrogen-bond acceptors (Lipinski definition) is 5. The molecule has 0 unspecified atom stereocenters. The molecule has 2 N–H and O–H groups in total. The molecule has 2 rings (SSSR count). The van der Waals surface area contributed by atoms with E-state index in [2.05, 4.69) is 5.32 Å². The Morgan fingerprint density at radius 3 is 2.67 bits per heavy atom. The Morgan fingerprint density at radius 1 is 1.29 bits per heavy atom. The monoisotopic (exact) mass is 333 g/mol. The second kappa shape index (κ2) is 7.63. The van der Waals surface area contributed by atoms with Crippen molar-refractivity contribution in [2.45, 2.75) is 26.3 Å². The smallest absolute Gasteiger partial charge is 0.336 e. The van der Waals surface area contributed by atoms with Crippen LogP contribution in [0.5, 0.6) is 5.75 Å². The number of aliphatic carboxylic acids is 1. The number of fused-ring (bicyclic) bond motifs is 1. The molecule has 0 aliphatic heterocycles. The third-order valence-corrected chi connectivity index (χ3v) is 3.76. The summed E-state index contributed by atoms with van der Waals surface area (Å²) in [6.07, 6.45) is 0.627. The van der Waals surface area contributed by atoms with Crippen LogP contribution in [-0.2, 0) is 9.59 Å². The van der Waals surface area contributed by atoms with Gasteiger partial charge in [0.1, 0.15) is 17.4 Å². The van der Waals surface area contributed by atoms with Crippen molar-refractivity contribution in [3.8, 4) is 5.75 Å². The minimum atomic E-state index is -1.08. The van der Waals surface area contributed by atoms with E-state index in [0.29, 0.717) is 17.8 Å². The van der Waals surface area contributed by atoms with Gasteiger partial charge in [-0.15, -0.1) is 0 Å². The molecule has 0 aliphatic carbocycles. The SMILES string of the molecule is CC[C@@H](C)[C@H](NC(=O)COc1ccc2ccc(=O)oc2c1)C(=O)O. The third kappa shape index (κ3) is 4.34. The summed E-state index contributed by atoms with van der Waals surface area (Å²) in [5.74, 6) is -1.45. The van der Waals surface area contributed by atoms with Crippen molar-refractivity contribution < 1.29 is 23.8 Å². The first-order chi connectivity index (χ1) is 11.4. The molecule has 24 heavy (non-hydrogen) atoms. The minimum absolute atomic E-state index is 0.193. The van der Waals surface area contributed by atoms with Crippen LogP contribution in [0.3, 0.4) is 0 Å². The molecule has 1 aromatic heterocycles.